The predicted molar refractivity (Wildman–Crippen MR) is 105 cm³/mol. The number of benzene rings is 2. The van der Waals surface area contributed by atoms with E-state index in [2.05, 4.69) is 10.0 Å². The zero-order valence-electron chi connectivity index (χ0n) is 15.6. The highest BCUT2D eigenvalue weighted by Crippen LogP contribution is 2.20. The van der Waals surface area contributed by atoms with Crippen molar-refractivity contribution in [1.29, 1.82) is 0 Å². The van der Waals surface area contributed by atoms with Crippen LogP contribution in [-0.4, -0.2) is 19.9 Å². The van der Waals surface area contributed by atoms with E-state index < -0.39 is 15.6 Å². The first-order valence-corrected chi connectivity index (χ1v) is 10.0. The van der Waals surface area contributed by atoms with Crippen LogP contribution in [0.3, 0.4) is 0 Å². The highest BCUT2D eigenvalue weighted by atomic mass is 32.2. The fourth-order valence-corrected chi connectivity index (χ4v) is 3.99. The maximum atomic E-state index is 12.3. The van der Waals surface area contributed by atoms with Gasteiger partial charge in [-0.25, -0.2) is 13.1 Å². The van der Waals surface area contributed by atoms with Crippen LogP contribution in [0.5, 0.6) is 0 Å². The van der Waals surface area contributed by atoms with Gasteiger partial charge in [-0.15, -0.1) is 0 Å². The molecule has 0 saturated carbocycles. The van der Waals surface area contributed by atoms with E-state index in [1.807, 2.05) is 37.3 Å². The van der Waals surface area contributed by atoms with Crippen LogP contribution in [0.4, 0.5) is 5.69 Å². The first kappa shape index (κ1) is 20.1. The van der Waals surface area contributed by atoms with Crippen molar-refractivity contribution >= 4 is 21.6 Å². The molecule has 0 unspecified atom stereocenters. The first-order chi connectivity index (χ1) is 12.1. The van der Waals surface area contributed by atoms with Crippen molar-refractivity contribution in [1.82, 2.24) is 4.72 Å². The van der Waals surface area contributed by atoms with E-state index in [4.69, 9.17) is 0 Å². The largest absolute Gasteiger partial charge is 0.326 e. The summed E-state index contributed by atoms with van der Waals surface area (Å²) in [7, 11) is -3.58. The Labute approximate surface area is 155 Å². The van der Waals surface area contributed by atoms with Gasteiger partial charge >= 0.3 is 0 Å². The quantitative estimate of drug-likeness (QED) is 0.805. The molecule has 5 nitrogen and oxygen atoms in total. The molecule has 6 heteroatoms. The summed E-state index contributed by atoms with van der Waals surface area (Å²) in [6.07, 6.45) is 0.357. The van der Waals surface area contributed by atoms with Gasteiger partial charge in [0.2, 0.25) is 15.9 Å². The second kappa shape index (κ2) is 8.01. The minimum atomic E-state index is -3.58. The predicted octanol–water partition coefficient (Wildman–Crippen LogP) is 3.90. The number of sulfonamides is 1. The zero-order chi connectivity index (χ0) is 19.4. The third-order valence-electron chi connectivity index (χ3n) is 3.75. The van der Waals surface area contributed by atoms with Crippen LogP contribution in [0.15, 0.2) is 59.5 Å². The van der Waals surface area contributed by atoms with E-state index in [1.165, 1.54) is 12.1 Å². The normalized spacial score (nSPS) is 13.2. The molecule has 0 heterocycles. The topological polar surface area (TPSA) is 75.3 Å². The molecule has 0 radical (unpaired) electrons. The molecule has 0 aliphatic heterocycles. The van der Waals surface area contributed by atoms with E-state index >= 15 is 0 Å². The van der Waals surface area contributed by atoms with Crippen molar-refractivity contribution in [2.75, 3.05) is 5.32 Å². The lowest BCUT2D eigenvalue weighted by Gasteiger charge is -2.20. The van der Waals surface area contributed by atoms with Crippen molar-refractivity contribution in [3.05, 3.63) is 60.2 Å². The first-order valence-electron chi connectivity index (χ1n) is 8.56. The number of carbonyl (C=O) groups is 1. The van der Waals surface area contributed by atoms with Crippen molar-refractivity contribution < 1.29 is 13.2 Å². The van der Waals surface area contributed by atoms with Crippen molar-refractivity contribution in [2.24, 2.45) is 0 Å². The van der Waals surface area contributed by atoms with Gasteiger partial charge in [0.15, 0.2) is 0 Å². The molecular formula is C20H26N2O3S. The molecule has 0 aliphatic rings. The van der Waals surface area contributed by atoms with Gasteiger partial charge in [-0.2, -0.15) is 0 Å². The summed E-state index contributed by atoms with van der Waals surface area (Å²) in [6, 6.07) is 16.0. The average molecular weight is 375 g/mol. The Balaban J connectivity index is 1.99. The third-order valence-corrected chi connectivity index (χ3v) is 5.52. The molecule has 2 rings (SSSR count). The molecule has 2 N–H and O–H groups in total. The van der Waals surface area contributed by atoms with Gasteiger partial charge in [0.1, 0.15) is 0 Å². The number of hydrogen-bond acceptors (Lipinski definition) is 3. The zero-order valence-corrected chi connectivity index (χ0v) is 16.4. The second-order valence-electron chi connectivity index (χ2n) is 7.44. The lowest BCUT2D eigenvalue weighted by atomic mass is 9.97. The summed E-state index contributed by atoms with van der Waals surface area (Å²) in [5, 5.41) is 2.82. The lowest BCUT2D eigenvalue weighted by Crippen LogP contribution is -2.40. The molecule has 1 amide bonds. The summed E-state index contributed by atoms with van der Waals surface area (Å²) < 4.78 is 27.2. The van der Waals surface area contributed by atoms with E-state index in [1.54, 1.807) is 32.9 Å². The number of nitrogens with one attached hydrogen (secondary N) is 2. The second-order valence-corrected chi connectivity index (χ2v) is 9.13. The molecular weight excluding hydrogens is 348 g/mol. The molecule has 0 spiro atoms. The van der Waals surface area contributed by atoms with Gasteiger partial charge in [-0.3, -0.25) is 4.79 Å². The molecule has 0 aromatic heterocycles. The lowest BCUT2D eigenvalue weighted by molar-refractivity contribution is -0.116. The summed E-state index contributed by atoms with van der Waals surface area (Å²) >= 11 is 0. The minimum absolute atomic E-state index is 0.104. The fraction of sp³-hybridized carbons (Fsp3) is 0.350. The Morgan fingerprint density at radius 2 is 1.58 bits per heavy atom. The monoisotopic (exact) mass is 374 g/mol. The maximum absolute atomic E-state index is 12.3. The Morgan fingerprint density at radius 1 is 1.00 bits per heavy atom. The summed E-state index contributed by atoms with van der Waals surface area (Å²) in [4.78, 5) is 12.4. The minimum Gasteiger partial charge on any atom is -0.326 e. The number of amides is 1. The standard InChI is InChI=1S/C20H26N2O3S/c1-15(16-8-6-5-7-9-16)14-19(23)21-17-10-12-18(13-11-17)26(24,25)22-20(2,3)4/h5-13,15,22H,14H2,1-4H3,(H,21,23)/t15-/m1/s1. The van der Waals surface area contributed by atoms with Crippen molar-refractivity contribution in [3.63, 3.8) is 0 Å². The molecule has 0 fully saturated rings. The highest BCUT2D eigenvalue weighted by Gasteiger charge is 2.21. The molecule has 2 aromatic rings. The maximum Gasteiger partial charge on any atom is 0.241 e. The molecule has 0 aliphatic carbocycles. The molecule has 0 bridgehead atoms. The van der Waals surface area contributed by atoms with Crippen LogP contribution < -0.4 is 10.0 Å². The Hall–Kier alpha value is -2.18. The highest BCUT2D eigenvalue weighted by molar-refractivity contribution is 7.89. The molecule has 0 saturated heterocycles. The van der Waals surface area contributed by atoms with E-state index in [-0.39, 0.29) is 16.7 Å². The molecule has 2 aromatic carbocycles. The van der Waals surface area contributed by atoms with Crippen LogP contribution in [0.2, 0.25) is 0 Å². The Bertz CT molecular complexity index is 839. The molecule has 140 valence electrons. The van der Waals surface area contributed by atoms with Gasteiger partial charge < -0.3 is 5.32 Å². The van der Waals surface area contributed by atoms with E-state index in [0.29, 0.717) is 12.1 Å². The number of anilines is 1. The summed E-state index contributed by atoms with van der Waals surface area (Å²) in [6.45, 7) is 7.36. The fourth-order valence-electron chi connectivity index (χ4n) is 2.57. The molecule has 1 atom stereocenters. The Kier molecular flexibility index (Phi) is 6.21. The smallest absolute Gasteiger partial charge is 0.241 e. The van der Waals surface area contributed by atoms with E-state index in [0.717, 1.165) is 5.56 Å². The summed E-state index contributed by atoms with van der Waals surface area (Å²) in [5.74, 6) is -0.00314. The van der Waals surface area contributed by atoms with Gasteiger partial charge in [0.25, 0.3) is 0 Å². The number of hydrogen-bond donors (Lipinski definition) is 2. The van der Waals surface area contributed by atoms with Gasteiger partial charge in [0, 0.05) is 17.6 Å². The van der Waals surface area contributed by atoms with Gasteiger partial charge in [0.05, 0.1) is 4.90 Å². The van der Waals surface area contributed by atoms with Crippen LogP contribution in [0.25, 0.3) is 0 Å². The van der Waals surface area contributed by atoms with Crippen molar-refractivity contribution in [3.8, 4) is 0 Å². The van der Waals surface area contributed by atoms with Gasteiger partial charge in [-0.05, 0) is 56.5 Å². The van der Waals surface area contributed by atoms with Crippen LogP contribution in [-0.2, 0) is 14.8 Å². The van der Waals surface area contributed by atoms with Gasteiger partial charge in [-0.1, -0.05) is 37.3 Å². The average Bonchev–Trinajstić information content (AvgIpc) is 2.54. The van der Waals surface area contributed by atoms with Crippen LogP contribution in [0, 0.1) is 0 Å². The number of rotatable bonds is 6. The Morgan fingerprint density at radius 3 is 2.12 bits per heavy atom. The summed E-state index contributed by atoms with van der Waals surface area (Å²) in [5.41, 5.74) is 1.13. The molecule has 26 heavy (non-hydrogen) atoms. The SMILES string of the molecule is C[C@H](CC(=O)Nc1ccc(S(=O)(=O)NC(C)(C)C)cc1)c1ccccc1. The van der Waals surface area contributed by atoms with E-state index in [9.17, 15) is 13.2 Å². The van der Waals surface area contributed by atoms with Crippen LogP contribution in [0.1, 0.15) is 45.6 Å². The van der Waals surface area contributed by atoms with Crippen molar-refractivity contribution in [2.45, 2.75) is 50.5 Å². The number of carbonyl (C=O) groups excluding carboxylic acids is 1. The third kappa shape index (κ3) is 5.97. The van der Waals surface area contributed by atoms with Crippen LogP contribution >= 0.6 is 0 Å².